The van der Waals surface area contributed by atoms with Crippen LogP contribution in [0.5, 0.6) is 0 Å². The molecule has 0 spiro atoms. The standard InChI is InChI=1S/C21H19FN4S/c1-15-20(19-10-11-26(25-19)14-16-6-3-2-4-7-16)27-21(24-15)23-13-17-8-5-9-18(22)12-17/h2-12H,13-14H2,1H3,(H,23,24). The summed E-state index contributed by atoms with van der Waals surface area (Å²) >= 11 is 1.56. The first kappa shape index (κ1) is 17.4. The second-order valence-electron chi connectivity index (χ2n) is 6.30. The molecule has 0 saturated carbocycles. The molecule has 1 N–H and O–H groups in total. The van der Waals surface area contributed by atoms with Gasteiger partial charge in [-0.3, -0.25) is 4.68 Å². The van der Waals surface area contributed by atoms with Gasteiger partial charge in [0.1, 0.15) is 11.5 Å². The van der Waals surface area contributed by atoms with Gasteiger partial charge in [-0.05, 0) is 36.2 Å². The first-order chi connectivity index (χ1) is 13.2. The number of nitrogens with zero attached hydrogens (tertiary/aromatic N) is 3. The molecule has 0 atom stereocenters. The van der Waals surface area contributed by atoms with Crippen molar-refractivity contribution in [3.63, 3.8) is 0 Å². The third-order valence-electron chi connectivity index (χ3n) is 4.19. The highest BCUT2D eigenvalue weighted by molar-refractivity contribution is 7.19. The average molecular weight is 378 g/mol. The lowest BCUT2D eigenvalue weighted by Crippen LogP contribution is -1.99. The molecule has 27 heavy (non-hydrogen) atoms. The van der Waals surface area contributed by atoms with Crippen LogP contribution in [0.4, 0.5) is 9.52 Å². The Hall–Kier alpha value is -2.99. The third kappa shape index (κ3) is 4.23. The first-order valence-electron chi connectivity index (χ1n) is 8.71. The van der Waals surface area contributed by atoms with Crippen molar-refractivity contribution in [2.45, 2.75) is 20.0 Å². The van der Waals surface area contributed by atoms with Crippen molar-refractivity contribution in [3.8, 4) is 10.6 Å². The summed E-state index contributed by atoms with van der Waals surface area (Å²) in [5.41, 5.74) is 3.95. The molecule has 0 amide bonds. The maximum Gasteiger partial charge on any atom is 0.183 e. The van der Waals surface area contributed by atoms with Crippen LogP contribution < -0.4 is 5.32 Å². The van der Waals surface area contributed by atoms with E-state index < -0.39 is 0 Å². The van der Waals surface area contributed by atoms with Gasteiger partial charge in [0.25, 0.3) is 0 Å². The van der Waals surface area contributed by atoms with Crippen molar-refractivity contribution < 1.29 is 4.39 Å². The molecular formula is C21H19FN4S. The Balaban J connectivity index is 1.47. The number of thiazole rings is 1. The SMILES string of the molecule is Cc1nc(NCc2cccc(F)c2)sc1-c1ccn(Cc2ccccc2)n1. The van der Waals surface area contributed by atoms with Gasteiger partial charge < -0.3 is 5.32 Å². The van der Waals surface area contributed by atoms with Gasteiger partial charge in [-0.25, -0.2) is 9.37 Å². The minimum atomic E-state index is -0.228. The van der Waals surface area contributed by atoms with Crippen LogP contribution in [0.2, 0.25) is 0 Å². The van der Waals surface area contributed by atoms with Crippen molar-refractivity contribution in [1.82, 2.24) is 14.8 Å². The second-order valence-corrected chi connectivity index (χ2v) is 7.30. The summed E-state index contributed by atoms with van der Waals surface area (Å²) in [6.07, 6.45) is 1.99. The van der Waals surface area contributed by atoms with Crippen LogP contribution >= 0.6 is 11.3 Å². The van der Waals surface area contributed by atoms with Gasteiger partial charge in [-0.2, -0.15) is 5.10 Å². The Bertz CT molecular complexity index is 1040. The normalized spacial score (nSPS) is 10.9. The summed E-state index contributed by atoms with van der Waals surface area (Å²) in [5.74, 6) is -0.228. The van der Waals surface area contributed by atoms with Crippen molar-refractivity contribution in [2.75, 3.05) is 5.32 Å². The molecule has 4 rings (SSSR count). The molecule has 4 aromatic rings. The van der Waals surface area contributed by atoms with Crippen molar-refractivity contribution in [3.05, 3.63) is 89.5 Å². The van der Waals surface area contributed by atoms with Crippen molar-refractivity contribution in [1.29, 1.82) is 0 Å². The lowest BCUT2D eigenvalue weighted by atomic mass is 10.2. The zero-order valence-corrected chi connectivity index (χ0v) is 15.7. The maximum absolute atomic E-state index is 13.3. The molecule has 0 bridgehead atoms. The maximum atomic E-state index is 13.3. The van der Waals surface area contributed by atoms with E-state index in [4.69, 9.17) is 0 Å². The van der Waals surface area contributed by atoms with Crippen LogP contribution in [0.3, 0.4) is 0 Å². The Morgan fingerprint density at radius 1 is 1.04 bits per heavy atom. The minimum Gasteiger partial charge on any atom is -0.357 e. The van der Waals surface area contributed by atoms with Crippen LogP contribution in [0.15, 0.2) is 66.9 Å². The number of aryl methyl sites for hydroxylation is 1. The van der Waals surface area contributed by atoms with Crippen LogP contribution in [-0.2, 0) is 13.1 Å². The van der Waals surface area contributed by atoms with Gasteiger partial charge in [0.05, 0.1) is 17.1 Å². The number of hydrogen-bond acceptors (Lipinski definition) is 4. The van der Waals surface area contributed by atoms with E-state index in [1.807, 2.05) is 48.1 Å². The van der Waals surface area contributed by atoms with Gasteiger partial charge in [-0.15, -0.1) is 0 Å². The van der Waals surface area contributed by atoms with Crippen molar-refractivity contribution in [2.24, 2.45) is 0 Å². The summed E-state index contributed by atoms with van der Waals surface area (Å²) in [6, 6.07) is 18.8. The quantitative estimate of drug-likeness (QED) is 0.507. The predicted molar refractivity (Wildman–Crippen MR) is 107 cm³/mol. The van der Waals surface area contributed by atoms with E-state index in [0.29, 0.717) is 6.54 Å². The van der Waals surface area contributed by atoms with Crippen molar-refractivity contribution >= 4 is 16.5 Å². The smallest absolute Gasteiger partial charge is 0.183 e. The topological polar surface area (TPSA) is 42.7 Å². The summed E-state index contributed by atoms with van der Waals surface area (Å²) in [7, 11) is 0. The monoisotopic (exact) mass is 378 g/mol. The van der Waals surface area contributed by atoms with E-state index >= 15 is 0 Å². The summed E-state index contributed by atoms with van der Waals surface area (Å²) in [6.45, 7) is 3.26. The number of halogens is 1. The summed E-state index contributed by atoms with van der Waals surface area (Å²) in [5, 5.41) is 8.77. The number of hydrogen-bond donors (Lipinski definition) is 1. The lowest BCUT2D eigenvalue weighted by molar-refractivity contribution is 0.626. The molecule has 2 heterocycles. The molecule has 0 aliphatic carbocycles. The lowest BCUT2D eigenvalue weighted by Gasteiger charge is -2.02. The summed E-state index contributed by atoms with van der Waals surface area (Å²) in [4.78, 5) is 5.63. The van der Waals surface area contributed by atoms with Gasteiger partial charge >= 0.3 is 0 Å². The molecule has 136 valence electrons. The Morgan fingerprint density at radius 3 is 2.67 bits per heavy atom. The molecule has 0 saturated heterocycles. The fraction of sp³-hybridized carbons (Fsp3) is 0.143. The molecule has 0 aliphatic heterocycles. The largest absolute Gasteiger partial charge is 0.357 e. The Morgan fingerprint density at radius 2 is 1.85 bits per heavy atom. The zero-order valence-electron chi connectivity index (χ0n) is 14.9. The second kappa shape index (κ2) is 7.72. The molecular weight excluding hydrogens is 359 g/mol. The fourth-order valence-corrected chi connectivity index (χ4v) is 3.80. The highest BCUT2D eigenvalue weighted by Gasteiger charge is 2.12. The van der Waals surface area contributed by atoms with Gasteiger partial charge in [0.15, 0.2) is 5.13 Å². The van der Waals surface area contributed by atoms with Crippen LogP contribution in [0.1, 0.15) is 16.8 Å². The summed E-state index contributed by atoms with van der Waals surface area (Å²) < 4.78 is 15.2. The van der Waals surface area contributed by atoms with E-state index in [0.717, 1.165) is 33.5 Å². The molecule has 0 fully saturated rings. The molecule has 4 nitrogen and oxygen atoms in total. The van der Waals surface area contributed by atoms with E-state index in [-0.39, 0.29) is 5.82 Å². The molecule has 0 unspecified atom stereocenters. The number of benzene rings is 2. The van der Waals surface area contributed by atoms with E-state index in [2.05, 4.69) is 27.5 Å². The van der Waals surface area contributed by atoms with Crippen LogP contribution in [0, 0.1) is 12.7 Å². The Labute approximate surface area is 161 Å². The van der Waals surface area contributed by atoms with E-state index in [1.54, 1.807) is 17.4 Å². The zero-order chi connectivity index (χ0) is 18.6. The van der Waals surface area contributed by atoms with Gasteiger partial charge in [0.2, 0.25) is 0 Å². The molecule has 2 aromatic heterocycles. The third-order valence-corrected chi connectivity index (χ3v) is 5.33. The number of anilines is 1. The minimum absolute atomic E-state index is 0.228. The Kier molecular flexibility index (Phi) is 4.98. The molecule has 0 aliphatic rings. The van der Waals surface area contributed by atoms with Gasteiger partial charge in [-0.1, -0.05) is 53.8 Å². The van der Waals surface area contributed by atoms with Crippen LogP contribution in [0.25, 0.3) is 10.6 Å². The van der Waals surface area contributed by atoms with Gasteiger partial charge in [0, 0.05) is 12.7 Å². The highest BCUT2D eigenvalue weighted by Crippen LogP contribution is 2.31. The number of nitrogens with one attached hydrogen (secondary N) is 1. The molecule has 0 radical (unpaired) electrons. The van der Waals surface area contributed by atoms with E-state index in [1.165, 1.54) is 17.7 Å². The predicted octanol–water partition coefficient (Wildman–Crippen LogP) is 5.11. The van der Waals surface area contributed by atoms with E-state index in [9.17, 15) is 4.39 Å². The fourth-order valence-electron chi connectivity index (χ4n) is 2.88. The number of rotatable bonds is 6. The number of aromatic nitrogens is 3. The highest BCUT2D eigenvalue weighted by atomic mass is 32.1. The first-order valence-corrected chi connectivity index (χ1v) is 9.52. The average Bonchev–Trinajstić information content (AvgIpc) is 3.27. The molecule has 2 aromatic carbocycles. The van der Waals surface area contributed by atoms with Crippen LogP contribution in [-0.4, -0.2) is 14.8 Å². The molecule has 6 heteroatoms.